The Morgan fingerprint density at radius 1 is 1.42 bits per heavy atom. The van der Waals surface area contributed by atoms with Crippen LogP contribution in [-0.2, 0) is 13.0 Å². The first-order valence-corrected chi connectivity index (χ1v) is 7.57. The molecule has 2 aromatic rings. The van der Waals surface area contributed by atoms with E-state index in [1.165, 1.54) is 17.5 Å². The van der Waals surface area contributed by atoms with Gasteiger partial charge in [0.2, 0.25) is 0 Å². The minimum Gasteiger partial charge on any atom is -0.327 e. The zero-order chi connectivity index (χ0) is 13.6. The molecule has 0 aliphatic heterocycles. The summed E-state index contributed by atoms with van der Waals surface area (Å²) in [5.74, 6) is 2.55. The molecular weight excluding hydrogens is 256 g/mol. The molecule has 3 rings (SSSR count). The minimum absolute atomic E-state index is 0.498. The summed E-state index contributed by atoms with van der Waals surface area (Å²) < 4.78 is 2.41. The normalized spacial score (nSPS) is 20.9. The highest BCUT2D eigenvalue weighted by molar-refractivity contribution is 6.17. The summed E-state index contributed by atoms with van der Waals surface area (Å²) in [4.78, 5) is 4.77. The van der Waals surface area contributed by atoms with Crippen LogP contribution in [0.5, 0.6) is 0 Å². The van der Waals surface area contributed by atoms with Gasteiger partial charge in [-0.2, -0.15) is 0 Å². The Bertz CT molecular complexity index is 612. The van der Waals surface area contributed by atoms with Crippen LogP contribution in [0.25, 0.3) is 11.0 Å². The molecule has 2 nitrogen and oxygen atoms in total. The molecule has 3 heteroatoms. The van der Waals surface area contributed by atoms with Crippen molar-refractivity contribution in [3.63, 3.8) is 0 Å². The van der Waals surface area contributed by atoms with E-state index in [9.17, 15) is 0 Å². The number of imidazole rings is 1. The maximum atomic E-state index is 5.93. The number of alkyl halides is 1. The summed E-state index contributed by atoms with van der Waals surface area (Å²) in [7, 11) is 0. The van der Waals surface area contributed by atoms with Gasteiger partial charge in [0.25, 0.3) is 0 Å². The number of rotatable bonds is 4. The molecule has 0 spiro atoms. The lowest BCUT2D eigenvalue weighted by molar-refractivity contribution is 0.496. The predicted molar refractivity (Wildman–Crippen MR) is 80.8 cm³/mol. The Morgan fingerprint density at radius 3 is 2.79 bits per heavy atom. The van der Waals surface area contributed by atoms with E-state index in [2.05, 4.69) is 43.5 Å². The molecule has 0 amide bonds. The average molecular weight is 277 g/mol. The maximum absolute atomic E-state index is 5.93. The van der Waals surface area contributed by atoms with E-state index in [4.69, 9.17) is 16.6 Å². The van der Waals surface area contributed by atoms with E-state index >= 15 is 0 Å². The molecular formula is C16H21ClN2. The predicted octanol–water partition coefficient (Wildman–Crippen LogP) is 4.17. The molecule has 1 saturated carbocycles. The highest BCUT2D eigenvalue weighted by atomic mass is 35.5. The summed E-state index contributed by atoms with van der Waals surface area (Å²) in [5.41, 5.74) is 4.21. The summed E-state index contributed by atoms with van der Waals surface area (Å²) in [6.45, 7) is 7.96. The molecule has 19 heavy (non-hydrogen) atoms. The molecule has 1 heterocycles. The first kappa shape index (κ1) is 13.0. The highest BCUT2D eigenvalue weighted by Crippen LogP contribution is 2.52. The first-order valence-electron chi connectivity index (χ1n) is 7.03. The van der Waals surface area contributed by atoms with Gasteiger partial charge in [0, 0.05) is 18.8 Å². The van der Waals surface area contributed by atoms with Crippen LogP contribution >= 0.6 is 11.6 Å². The number of nitrogens with zero attached hydrogens (tertiary/aromatic N) is 2. The van der Waals surface area contributed by atoms with Crippen molar-refractivity contribution in [2.24, 2.45) is 11.3 Å². The Morgan fingerprint density at radius 2 is 2.16 bits per heavy atom. The van der Waals surface area contributed by atoms with Crippen LogP contribution in [0, 0.1) is 18.3 Å². The van der Waals surface area contributed by atoms with Crippen molar-refractivity contribution in [3.8, 4) is 0 Å². The quantitative estimate of drug-likeness (QED) is 0.767. The molecule has 0 radical (unpaired) electrons. The van der Waals surface area contributed by atoms with Crippen LogP contribution < -0.4 is 0 Å². The van der Waals surface area contributed by atoms with E-state index in [0.717, 1.165) is 30.2 Å². The maximum Gasteiger partial charge on any atom is 0.111 e. The molecule has 1 aliphatic rings. The van der Waals surface area contributed by atoms with Gasteiger partial charge in [-0.05, 0) is 36.3 Å². The second kappa shape index (κ2) is 4.52. The third-order valence-electron chi connectivity index (χ3n) is 4.49. The molecule has 102 valence electrons. The van der Waals surface area contributed by atoms with E-state index in [1.54, 1.807) is 0 Å². The second-order valence-corrected chi connectivity index (χ2v) is 6.79. The first-order chi connectivity index (χ1) is 9.03. The topological polar surface area (TPSA) is 17.8 Å². The highest BCUT2D eigenvalue weighted by Gasteiger charge is 2.45. The summed E-state index contributed by atoms with van der Waals surface area (Å²) in [5, 5.41) is 0. The average Bonchev–Trinajstić information content (AvgIpc) is 2.79. The van der Waals surface area contributed by atoms with Crippen molar-refractivity contribution in [1.29, 1.82) is 0 Å². The van der Waals surface area contributed by atoms with Gasteiger partial charge in [-0.1, -0.05) is 26.0 Å². The van der Waals surface area contributed by atoms with E-state index in [0.29, 0.717) is 11.3 Å². The van der Waals surface area contributed by atoms with E-state index in [1.807, 2.05) is 0 Å². The zero-order valence-corrected chi connectivity index (χ0v) is 12.7. The fourth-order valence-electron chi connectivity index (χ4n) is 2.99. The van der Waals surface area contributed by atoms with Crippen LogP contribution in [0.1, 0.15) is 31.7 Å². The standard InChI is InChI=1S/C16H21ClN2/c1-11-5-4-6-13-15(11)19(14(18-13)7-8-17)10-12-9-16(12,2)3/h4-6,12H,7-10H2,1-3H3. The molecule has 1 aromatic heterocycles. The van der Waals surface area contributed by atoms with Crippen molar-refractivity contribution in [2.75, 3.05) is 5.88 Å². The van der Waals surface area contributed by atoms with Crippen molar-refractivity contribution in [2.45, 2.75) is 40.2 Å². The van der Waals surface area contributed by atoms with Crippen LogP contribution in [0.2, 0.25) is 0 Å². The van der Waals surface area contributed by atoms with Gasteiger partial charge in [-0.15, -0.1) is 11.6 Å². The number of aryl methyl sites for hydroxylation is 2. The molecule has 1 atom stereocenters. The SMILES string of the molecule is Cc1cccc2nc(CCCl)n(CC3CC3(C)C)c12. The van der Waals surface area contributed by atoms with Crippen LogP contribution in [-0.4, -0.2) is 15.4 Å². The van der Waals surface area contributed by atoms with Gasteiger partial charge in [-0.3, -0.25) is 0 Å². The summed E-state index contributed by atoms with van der Waals surface area (Å²) in [6.07, 6.45) is 2.17. The lowest BCUT2D eigenvalue weighted by Gasteiger charge is -2.11. The molecule has 1 aliphatic carbocycles. The molecule has 0 bridgehead atoms. The second-order valence-electron chi connectivity index (χ2n) is 6.41. The molecule has 1 aromatic carbocycles. The van der Waals surface area contributed by atoms with Gasteiger partial charge in [-0.25, -0.2) is 4.98 Å². The van der Waals surface area contributed by atoms with Gasteiger partial charge in [0.15, 0.2) is 0 Å². The van der Waals surface area contributed by atoms with Crippen LogP contribution in [0.4, 0.5) is 0 Å². The minimum atomic E-state index is 0.498. The number of hydrogen-bond donors (Lipinski definition) is 0. The third kappa shape index (κ3) is 2.27. The third-order valence-corrected chi connectivity index (χ3v) is 4.68. The Labute approximate surface area is 119 Å². The fourth-order valence-corrected chi connectivity index (χ4v) is 3.16. The largest absolute Gasteiger partial charge is 0.327 e. The van der Waals surface area contributed by atoms with Crippen molar-refractivity contribution in [1.82, 2.24) is 9.55 Å². The number of halogens is 1. The van der Waals surface area contributed by atoms with Gasteiger partial charge < -0.3 is 4.57 Å². The number of aromatic nitrogens is 2. The summed E-state index contributed by atoms with van der Waals surface area (Å²) >= 11 is 5.93. The molecule has 1 fully saturated rings. The number of benzene rings is 1. The Kier molecular flexibility index (Phi) is 3.09. The smallest absolute Gasteiger partial charge is 0.111 e. The van der Waals surface area contributed by atoms with Gasteiger partial charge in [0.1, 0.15) is 5.82 Å². The number of fused-ring (bicyclic) bond motifs is 1. The fraction of sp³-hybridized carbons (Fsp3) is 0.562. The van der Waals surface area contributed by atoms with Crippen molar-refractivity contribution in [3.05, 3.63) is 29.6 Å². The van der Waals surface area contributed by atoms with Crippen molar-refractivity contribution < 1.29 is 0 Å². The number of hydrogen-bond acceptors (Lipinski definition) is 1. The monoisotopic (exact) mass is 276 g/mol. The van der Waals surface area contributed by atoms with Gasteiger partial charge in [0.05, 0.1) is 11.0 Å². The Balaban J connectivity index is 2.05. The lowest BCUT2D eigenvalue weighted by Crippen LogP contribution is -2.09. The Hall–Kier alpha value is -1.02. The molecule has 0 saturated heterocycles. The van der Waals surface area contributed by atoms with E-state index in [-0.39, 0.29) is 0 Å². The zero-order valence-electron chi connectivity index (χ0n) is 11.9. The van der Waals surface area contributed by atoms with E-state index < -0.39 is 0 Å². The lowest BCUT2D eigenvalue weighted by atomic mass is 10.1. The molecule has 0 N–H and O–H groups in total. The van der Waals surface area contributed by atoms with Crippen LogP contribution in [0.3, 0.4) is 0 Å². The summed E-state index contributed by atoms with van der Waals surface area (Å²) in [6, 6.07) is 6.36. The molecule has 1 unspecified atom stereocenters. The number of para-hydroxylation sites is 1. The van der Waals surface area contributed by atoms with Crippen molar-refractivity contribution >= 4 is 22.6 Å². The van der Waals surface area contributed by atoms with Crippen LogP contribution in [0.15, 0.2) is 18.2 Å². The van der Waals surface area contributed by atoms with Gasteiger partial charge >= 0.3 is 0 Å².